The maximum atomic E-state index is 12.9. The fourth-order valence-electron chi connectivity index (χ4n) is 2.88. The molecule has 2 N–H and O–H groups in total. The number of carbonyl (C=O) groups is 2. The molecule has 0 fully saturated rings. The van der Waals surface area contributed by atoms with E-state index in [9.17, 15) is 9.59 Å². The summed E-state index contributed by atoms with van der Waals surface area (Å²) < 4.78 is 1.94. The van der Waals surface area contributed by atoms with Gasteiger partial charge in [0.25, 0.3) is 11.8 Å². The molecule has 0 saturated heterocycles. The molecular formula is C20H22N4O2. The molecule has 1 aromatic carbocycles. The molecule has 0 aliphatic heterocycles. The molecule has 2 aromatic heterocycles. The Morgan fingerprint density at radius 2 is 1.81 bits per heavy atom. The number of nitrogens with one attached hydrogen (secondary N) is 2. The van der Waals surface area contributed by atoms with Crippen LogP contribution in [0.15, 0.2) is 48.7 Å². The highest BCUT2D eigenvalue weighted by Gasteiger charge is 2.19. The zero-order valence-corrected chi connectivity index (χ0v) is 15.1. The Hall–Kier alpha value is -3.15. The fourth-order valence-corrected chi connectivity index (χ4v) is 2.88. The molecule has 26 heavy (non-hydrogen) atoms. The average molecular weight is 350 g/mol. The minimum absolute atomic E-state index is 0.254. The second kappa shape index (κ2) is 7.39. The summed E-state index contributed by atoms with van der Waals surface area (Å²) in [5.41, 5.74) is 1.97. The largest absolute Gasteiger partial charge is 0.355 e. The van der Waals surface area contributed by atoms with Gasteiger partial charge in [-0.2, -0.15) is 0 Å². The zero-order chi connectivity index (χ0) is 18.7. The molecule has 2 amide bonds. The van der Waals surface area contributed by atoms with Gasteiger partial charge in [0.05, 0.1) is 16.8 Å². The highest BCUT2D eigenvalue weighted by atomic mass is 16.2. The Morgan fingerprint density at radius 1 is 1.08 bits per heavy atom. The molecule has 0 saturated carbocycles. The Labute approximate surface area is 152 Å². The SMILES string of the molecule is CNC(=O)c1ccccc1NC(=O)c1nc(CC(C)C)n2ccccc12. The summed E-state index contributed by atoms with van der Waals surface area (Å²) in [5.74, 6) is 0.683. The van der Waals surface area contributed by atoms with E-state index in [0.29, 0.717) is 22.9 Å². The van der Waals surface area contributed by atoms with Crippen molar-refractivity contribution in [2.75, 3.05) is 12.4 Å². The highest BCUT2D eigenvalue weighted by Crippen LogP contribution is 2.20. The number of benzene rings is 1. The Balaban J connectivity index is 1.98. The number of amides is 2. The van der Waals surface area contributed by atoms with Crippen LogP contribution in [-0.4, -0.2) is 28.2 Å². The Morgan fingerprint density at radius 3 is 2.54 bits per heavy atom. The summed E-state index contributed by atoms with van der Waals surface area (Å²) in [5, 5.41) is 5.41. The molecule has 3 aromatic rings. The van der Waals surface area contributed by atoms with Crippen LogP contribution >= 0.6 is 0 Å². The minimum Gasteiger partial charge on any atom is -0.355 e. The van der Waals surface area contributed by atoms with Crippen LogP contribution in [0.3, 0.4) is 0 Å². The number of pyridine rings is 1. The van der Waals surface area contributed by atoms with Gasteiger partial charge in [-0.1, -0.05) is 32.0 Å². The van der Waals surface area contributed by atoms with Gasteiger partial charge in [-0.15, -0.1) is 0 Å². The quantitative estimate of drug-likeness (QED) is 0.742. The number of hydrogen-bond donors (Lipinski definition) is 2. The first-order valence-electron chi connectivity index (χ1n) is 8.59. The predicted octanol–water partition coefficient (Wildman–Crippen LogP) is 3.14. The number of rotatable bonds is 5. The van der Waals surface area contributed by atoms with E-state index in [0.717, 1.165) is 17.8 Å². The van der Waals surface area contributed by atoms with E-state index in [1.54, 1.807) is 31.3 Å². The minimum atomic E-state index is -0.333. The lowest BCUT2D eigenvalue weighted by molar-refractivity contribution is 0.0964. The van der Waals surface area contributed by atoms with Crippen molar-refractivity contribution < 1.29 is 9.59 Å². The second-order valence-corrected chi connectivity index (χ2v) is 6.51. The van der Waals surface area contributed by atoms with Crippen LogP contribution in [0.4, 0.5) is 5.69 Å². The molecule has 0 aliphatic carbocycles. The fraction of sp³-hybridized carbons (Fsp3) is 0.250. The highest BCUT2D eigenvalue weighted by molar-refractivity contribution is 6.11. The average Bonchev–Trinajstić information content (AvgIpc) is 3.00. The normalized spacial score (nSPS) is 10.9. The molecule has 0 bridgehead atoms. The molecule has 6 nitrogen and oxygen atoms in total. The lowest BCUT2D eigenvalue weighted by Crippen LogP contribution is -2.21. The number of fused-ring (bicyclic) bond motifs is 1. The van der Waals surface area contributed by atoms with Crippen molar-refractivity contribution in [3.05, 3.63) is 65.7 Å². The molecule has 0 unspecified atom stereocenters. The molecule has 0 aliphatic rings. The summed E-state index contributed by atoms with van der Waals surface area (Å²) >= 11 is 0. The summed E-state index contributed by atoms with van der Waals surface area (Å²) in [6.45, 7) is 4.23. The standard InChI is InChI=1S/C20H22N4O2/c1-13(2)12-17-23-18(16-10-6-7-11-24(16)17)20(26)22-15-9-5-4-8-14(15)19(25)21-3/h4-11,13H,12H2,1-3H3,(H,21,25)(H,22,26). The molecule has 2 heterocycles. The van der Waals surface area contributed by atoms with Gasteiger partial charge < -0.3 is 15.0 Å². The van der Waals surface area contributed by atoms with Crippen LogP contribution in [0.5, 0.6) is 0 Å². The van der Waals surface area contributed by atoms with Crippen LogP contribution in [0.25, 0.3) is 5.52 Å². The van der Waals surface area contributed by atoms with E-state index in [4.69, 9.17) is 0 Å². The molecule has 134 valence electrons. The number of aromatic nitrogens is 2. The van der Waals surface area contributed by atoms with Gasteiger partial charge in [0, 0.05) is 19.7 Å². The van der Waals surface area contributed by atoms with Gasteiger partial charge in [-0.05, 0) is 30.2 Å². The Kier molecular flexibility index (Phi) is 5.02. The molecule has 0 atom stereocenters. The summed E-state index contributed by atoms with van der Waals surface area (Å²) in [4.78, 5) is 29.5. The first-order valence-corrected chi connectivity index (χ1v) is 8.59. The van der Waals surface area contributed by atoms with Crippen LogP contribution in [0, 0.1) is 5.92 Å². The molecule has 6 heteroatoms. The van der Waals surface area contributed by atoms with Gasteiger partial charge in [-0.25, -0.2) is 4.98 Å². The van der Waals surface area contributed by atoms with Crippen molar-refractivity contribution >= 4 is 23.0 Å². The molecule has 0 spiro atoms. The summed E-state index contributed by atoms with van der Waals surface area (Å²) in [7, 11) is 1.56. The van der Waals surface area contributed by atoms with Crippen LogP contribution in [0.1, 0.15) is 40.5 Å². The van der Waals surface area contributed by atoms with E-state index in [1.807, 2.05) is 28.8 Å². The maximum absolute atomic E-state index is 12.9. The number of imidazole rings is 1. The third kappa shape index (κ3) is 3.44. The van der Waals surface area contributed by atoms with E-state index in [2.05, 4.69) is 29.5 Å². The zero-order valence-electron chi connectivity index (χ0n) is 15.1. The summed E-state index contributed by atoms with van der Waals surface area (Å²) in [6.07, 6.45) is 2.68. The van der Waals surface area contributed by atoms with E-state index in [-0.39, 0.29) is 11.8 Å². The van der Waals surface area contributed by atoms with Crippen LogP contribution < -0.4 is 10.6 Å². The first-order chi connectivity index (χ1) is 12.5. The van der Waals surface area contributed by atoms with Gasteiger partial charge >= 0.3 is 0 Å². The Bertz CT molecular complexity index is 959. The van der Waals surface area contributed by atoms with Gasteiger partial charge in [0.1, 0.15) is 5.82 Å². The number of anilines is 1. The van der Waals surface area contributed by atoms with Gasteiger partial charge in [0.2, 0.25) is 0 Å². The number of para-hydroxylation sites is 1. The molecule has 3 rings (SSSR count). The number of hydrogen-bond acceptors (Lipinski definition) is 3. The second-order valence-electron chi connectivity index (χ2n) is 6.51. The number of nitrogens with zero attached hydrogens (tertiary/aromatic N) is 2. The van der Waals surface area contributed by atoms with E-state index in [1.165, 1.54) is 0 Å². The van der Waals surface area contributed by atoms with E-state index < -0.39 is 0 Å². The van der Waals surface area contributed by atoms with Crippen molar-refractivity contribution in [3.8, 4) is 0 Å². The maximum Gasteiger partial charge on any atom is 0.276 e. The van der Waals surface area contributed by atoms with Crippen molar-refractivity contribution in [1.29, 1.82) is 0 Å². The van der Waals surface area contributed by atoms with Gasteiger partial charge in [0.15, 0.2) is 5.69 Å². The summed E-state index contributed by atoms with van der Waals surface area (Å²) in [6, 6.07) is 12.6. The monoisotopic (exact) mass is 350 g/mol. The third-order valence-corrected chi connectivity index (χ3v) is 4.07. The van der Waals surface area contributed by atoms with Crippen LogP contribution in [0.2, 0.25) is 0 Å². The topological polar surface area (TPSA) is 75.5 Å². The van der Waals surface area contributed by atoms with Crippen molar-refractivity contribution in [2.45, 2.75) is 20.3 Å². The lowest BCUT2D eigenvalue weighted by Gasteiger charge is -2.09. The molecular weight excluding hydrogens is 328 g/mol. The van der Waals surface area contributed by atoms with Crippen molar-refractivity contribution in [2.24, 2.45) is 5.92 Å². The third-order valence-electron chi connectivity index (χ3n) is 4.07. The van der Waals surface area contributed by atoms with Crippen molar-refractivity contribution in [3.63, 3.8) is 0 Å². The molecule has 0 radical (unpaired) electrons. The lowest BCUT2D eigenvalue weighted by atomic mass is 10.1. The predicted molar refractivity (Wildman–Crippen MR) is 102 cm³/mol. The van der Waals surface area contributed by atoms with Crippen molar-refractivity contribution in [1.82, 2.24) is 14.7 Å². The van der Waals surface area contributed by atoms with Crippen LogP contribution in [-0.2, 0) is 6.42 Å². The number of carbonyl (C=O) groups excluding carboxylic acids is 2. The smallest absolute Gasteiger partial charge is 0.276 e. The van der Waals surface area contributed by atoms with E-state index >= 15 is 0 Å². The van der Waals surface area contributed by atoms with Gasteiger partial charge in [-0.3, -0.25) is 9.59 Å². The first kappa shape index (κ1) is 17.7.